The first-order valence-corrected chi connectivity index (χ1v) is 9.92. The van der Waals surface area contributed by atoms with Crippen LogP contribution in [0.2, 0.25) is 0 Å². The van der Waals surface area contributed by atoms with E-state index in [4.69, 9.17) is 0 Å². The third-order valence-corrected chi connectivity index (χ3v) is 6.04. The van der Waals surface area contributed by atoms with E-state index >= 15 is 0 Å². The number of sulfone groups is 1. The second kappa shape index (κ2) is 7.29. The summed E-state index contributed by atoms with van der Waals surface area (Å²) in [6, 6.07) is 3.64. The summed E-state index contributed by atoms with van der Waals surface area (Å²) in [5.74, 6) is 0.256. The summed E-state index contributed by atoms with van der Waals surface area (Å²) in [6.45, 7) is 6.66. The third-order valence-electron chi connectivity index (χ3n) is 4.29. The van der Waals surface area contributed by atoms with E-state index < -0.39 is 9.84 Å². The van der Waals surface area contributed by atoms with Crippen LogP contribution in [-0.4, -0.2) is 49.4 Å². The van der Waals surface area contributed by atoms with Gasteiger partial charge in [0.1, 0.15) is 5.69 Å². The van der Waals surface area contributed by atoms with Gasteiger partial charge in [-0.1, -0.05) is 6.92 Å². The minimum absolute atomic E-state index is 0.00779. The topological polar surface area (TPSA) is 79.4 Å². The fraction of sp³-hybridized carbons (Fsp3) is 0.625. The van der Waals surface area contributed by atoms with Crippen LogP contribution >= 0.6 is 0 Å². The summed E-state index contributed by atoms with van der Waals surface area (Å²) in [6.07, 6.45) is 3.16. The smallest absolute Gasteiger partial charge is 0.270 e. The van der Waals surface area contributed by atoms with Crippen LogP contribution in [0.25, 0.3) is 0 Å². The Labute approximate surface area is 138 Å². The van der Waals surface area contributed by atoms with E-state index in [-0.39, 0.29) is 29.5 Å². The Bertz CT molecular complexity index is 643. The lowest BCUT2D eigenvalue weighted by atomic mass is 10.2. The lowest BCUT2D eigenvalue weighted by molar-refractivity contribution is 0.0934. The molecule has 23 heavy (non-hydrogen) atoms. The molecule has 1 amide bonds. The van der Waals surface area contributed by atoms with E-state index in [1.54, 1.807) is 12.3 Å². The minimum atomic E-state index is -2.92. The maximum atomic E-state index is 12.0. The molecule has 1 N–H and O–H groups in total. The van der Waals surface area contributed by atoms with Gasteiger partial charge in [-0.2, -0.15) is 0 Å². The Morgan fingerprint density at radius 3 is 2.65 bits per heavy atom. The molecule has 128 valence electrons. The van der Waals surface area contributed by atoms with Crippen molar-refractivity contribution in [2.24, 2.45) is 0 Å². The van der Waals surface area contributed by atoms with Gasteiger partial charge in [-0.05, 0) is 38.8 Å². The molecule has 0 aromatic carbocycles. The Morgan fingerprint density at radius 2 is 2.17 bits per heavy atom. The Hall–Kier alpha value is -1.63. The number of pyridine rings is 1. The fourth-order valence-electron chi connectivity index (χ4n) is 2.76. The molecule has 0 aliphatic carbocycles. The minimum Gasteiger partial charge on any atom is -0.367 e. The Balaban J connectivity index is 2.10. The van der Waals surface area contributed by atoms with E-state index in [1.807, 2.05) is 31.7 Å². The number of amides is 1. The van der Waals surface area contributed by atoms with Crippen molar-refractivity contribution in [3.8, 4) is 0 Å². The normalized spacial score (nSPS) is 20.9. The van der Waals surface area contributed by atoms with Crippen LogP contribution < -0.4 is 10.2 Å². The number of nitrogens with zero attached hydrogens (tertiary/aromatic N) is 2. The standard InChI is InChI=1S/C16H25N3O3S/c1-4-12(3)18-16(20)15-7-6-13(10-17-15)19(5-2)14-8-9-23(21,22)11-14/h6-7,10,12,14H,4-5,8-9,11H2,1-3H3,(H,18,20). The number of hydrogen-bond acceptors (Lipinski definition) is 5. The van der Waals surface area contributed by atoms with Crippen LogP contribution in [0.5, 0.6) is 0 Å². The summed E-state index contributed by atoms with van der Waals surface area (Å²) in [5, 5.41) is 2.88. The van der Waals surface area contributed by atoms with Crippen LogP contribution in [0.15, 0.2) is 18.3 Å². The molecule has 0 saturated carbocycles. The van der Waals surface area contributed by atoms with Crippen LogP contribution in [0.4, 0.5) is 5.69 Å². The molecule has 1 aromatic rings. The van der Waals surface area contributed by atoms with Crippen molar-refractivity contribution in [2.75, 3.05) is 23.0 Å². The average molecular weight is 339 g/mol. The van der Waals surface area contributed by atoms with E-state index in [0.717, 1.165) is 12.1 Å². The molecule has 2 heterocycles. The first kappa shape index (κ1) is 17.7. The zero-order chi connectivity index (χ0) is 17.0. The highest BCUT2D eigenvalue weighted by Crippen LogP contribution is 2.23. The maximum absolute atomic E-state index is 12.0. The highest BCUT2D eigenvalue weighted by molar-refractivity contribution is 7.91. The second-order valence-corrected chi connectivity index (χ2v) is 8.26. The van der Waals surface area contributed by atoms with Crippen LogP contribution in [0, 0.1) is 0 Å². The van der Waals surface area contributed by atoms with Gasteiger partial charge in [-0.15, -0.1) is 0 Å². The van der Waals surface area contributed by atoms with E-state index in [2.05, 4.69) is 10.3 Å². The van der Waals surface area contributed by atoms with Crippen molar-refractivity contribution >= 4 is 21.4 Å². The molecule has 1 saturated heterocycles. The number of carbonyl (C=O) groups excluding carboxylic acids is 1. The molecule has 6 nitrogen and oxygen atoms in total. The number of nitrogens with one attached hydrogen (secondary N) is 1. The molecular formula is C16H25N3O3S. The lowest BCUT2D eigenvalue weighted by Gasteiger charge is -2.28. The summed E-state index contributed by atoms with van der Waals surface area (Å²) >= 11 is 0. The molecule has 1 fully saturated rings. The van der Waals surface area contributed by atoms with Crippen molar-refractivity contribution in [2.45, 2.75) is 45.7 Å². The van der Waals surface area contributed by atoms with Gasteiger partial charge in [0.15, 0.2) is 9.84 Å². The average Bonchev–Trinajstić information content (AvgIpc) is 2.88. The summed E-state index contributed by atoms with van der Waals surface area (Å²) in [4.78, 5) is 18.3. The largest absolute Gasteiger partial charge is 0.367 e. The molecule has 1 aliphatic heterocycles. The Morgan fingerprint density at radius 1 is 1.43 bits per heavy atom. The van der Waals surface area contributed by atoms with Crippen LogP contribution in [-0.2, 0) is 9.84 Å². The number of hydrogen-bond donors (Lipinski definition) is 1. The van der Waals surface area contributed by atoms with E-state index in [0.29, 0.717) is 18.7 Å². The van der Waals surface area contributed by atoms with Gasteiger partial charge in [-0.25, -0.2) is 13.4 Å². The van der Waals surface area contributed by atoms with E-state index in [1.165, 1.54) is 0 Å². The van der Waals surface area contributed by atoms with Gasteiger partial charge in [0.05, 0.1) is 23.4 Å². The van der Waals surface area contributed by atoms with Gasteiger partial charge in [0, 0.05) is 18.6 Å². The SMILES string of the molecule is CCC(C)NC(=O)c1ccc(N(CC)C2CCS(=O)(=O)C2)cn1. The first-order valence-electron chi connectivity index (χ1n) is 8.10. The number of anilines is 1. The molecule has 2 unspecified atom stereocenters. The molecule has 1 aliphatic rings. The molecular weight excluding hydrogens is 314 g/mol. The van der Waals surface area contributed by atoms with Gasteiger partial charge in [0.25, 0.3) is 5.91 Å². The molecule has 0 bridgehead atoms. The lowest BCUT2D eigenvalue weighted by Crippen LogP contribution is -2.36. The zero-order valence-electron chi connectivity index (χ0n) is 13.9. The summed E-state index contributed by atoms with van der Waals surface area (Å²) in [5.41, 5.74) is 1.24. The number of aromatic nitrogens is 1. The molecule has 0 radical (unpaired) electrons. The fourth-order valence-corrected chi connectivity index (χ4v) is 4.49. The zero-order valence-corrected chi connectivity index (χ0v) is 14.8. The van der Waals surface area contributed by atoms with Gasteiger partial charge in [-0.3, -0.25) is 4.79 Å². The third kappa shape index (κ3) is 4.43. The van der Waals surface area contributed by atoms with Crippen molar-refractivity contribution in [1.29, 1.82) is 0 Å². The van der Waals surface area contributed by atoms with Crippen LogP contribution in [0.1, 0.15) is 44.1 Å². The molecule has 2 atom stereocenters. The Kier molecular flexibility index (Phi) is 5.62. The van der Waals surface area contributed by atoms with E-state index in [9.17, 15) is 13.2 Å². The summed E-state index contributed by atoms with van der Waals surface area (Å²) < 4.78 is 23.3. The predicted octanol–water partition coefficient (Wildman–Crippen LogP) is 1.62. The van der Waals surface area contributed by atoms with Crippen molar-refractivity contribution in [3.05, 3.63) is 24.0 Å². The van der Waals surface area contributed by atoms with Gasteiger partial charge >= 0.3 is 0 Å². The highest BCUT2D eigenvalue weighted by Gasteiger charge is 2.32. The number of carbonyl (C=O) groups is 1. The first-order chi connectivity index (χ1) is 10.9. The van der Waals surface area contributed by atoms with Crippen molar-refractivity contribution in [3.63, 3.8) is 0 Å². The number of rotatable bonds is 6. The predicted molar refractivity (Wildman–Crippen MR) is 91.5 cm³/mol. The van der Waals surface area contributed by atoms with Crippen molar-refractivity contribution < 1.29 is 13.2 Å². The monoisotopic (exact) mass is 339 g/mol. The highest BCUT2D eigenvalue weighted by atomic mass is 32.2. The molecule has 0 spiro atoms. The van der Waals surface area contributed by atoms with Crippen molar-refractivity contribution in [1.82, 2.24) is 10.3 Å². The summed E-state index contributed by atoms with van der Waals surface area (Å²) in [7, 11) is -2.92. The molecule has 2 rings (SSSR count). The quantitative estimate of drug-likeness (QED) is 0.852. The molecule has 1 aromatic heterocycles. The second-order valence-electron chi connectivity index (χ2n) is 6.03. The van der Waals surface area contributed by atoms with Gasteiger partial charge in [0.2, 0.25) is 0 Å². The van der Waals surface area contributed by atoms with Gasteiger partial charge < -0.3 is 10.2 Å². The molecule has 7 heteroatoms. The van der Waals surface area contributed by atoms with Crippen LogP contribution in [0.3, 0.4) is 0 Å². The maximum Gasteiger partial charge on any atom is 0.270 e.